The third kappa shape index (κ3) is 4.49. The molecule has 1 heterocycles. The van der Waals surface area contributed by atoms with E-state index in [1.165, 1.54) is 4.90 Å². The van der Waals surface area contributed by atoms with Gasteiger partial charge in [-0.05, 0) is 24.3 Å². The molecule has 27 heavy (non-hydrogen) atoms. The second kappa shape index (κ2) is 8.83. The number of hydrogen-bond acceptors (Lipinski definition) is 3. The van der Waals surface area contributed by atoms with Crippen LogP contribution >= 0.6 is 23.2 Å². The van der Waals surface area contributed by atoms with E-state index in [1.807, 2.05) is 18.2 Å². The topological polar surface area (TPSA) is 52.0 Å². The van der Waals surface area contributed by atoms with E-state index in [9.17, 15) is 4.79 Å². The number of amides is 1. The van der Waals surface area contributed by atoms with Gasteiger partial charge in [0.1, 0.15) is 17.5 Å². The van der Waals surface area contributed by atoms with Gasteiger partial charge in [-0.25, -0.2) is 0 Å². The zero-order chi connectivity index (χ0) is 19.4. The van der Waals surface area contributed by atoms with E-state index in [4.69, 9.17) is 32.7 Å². The van der Waals surface area contributed by atoms with Crippen molar-refractivity contribution in [1.29, 1.82) is 0 Å². The summed E-state index contributed by atoms with van der Waals surface area (Å²) in [5.74, 6) is 1.45. The maximum atomic E-state index is 12.6. The van der Waals surface area contributed by atoms with Gasteiger partial charge in [0.15, 0.2) is 6.54 Å². The van der Waals surface area contributed by atoms with Crippen LogP contribution in [0.4, 0.5) is 5.69 Å². The molecular formula is C20H23Cl2N2O3+. The van der Waals surface area contributed by atoms with Crippen LogP contribution in [0, 0.1) is 0 Å². The Kier molecular flexibility index (Phi) is 6.47. The highest BCUT2D eigenvalue weighted by Gasteiger charge is 2.33. The minimum Gasteiger partial charge on any atom is -0.497 e. The number of halogens is 2. The standard InChI is InChI=1S/C20H22Cl2N2O3/c1-26-13-8-9-14(18(11-13)27-2)17-7-4-10-24(17)12-19(25)23-16-6-3-5-15(21)20(16)22/h3,5-6,8-9,11,17H,4,7,10,12H2,1-2H3,(H,23,25)/p+1/t17-/m1/s1. The quantitative estimate of drug-likeness (QED) is 0.768. The molecule has 2 aromatic carbocycles. The number of hydrogen-bond donors (Lipinski definition) is 2. The van der Waals surface area contributed by atoms with Crippen molar-refractivity contribution in [1.82, 2.24) is 0 Å². The number of carbonyl (C=O) groups is 1. The molecule has 0 saturated carbocycles. The summed E-state index contributed by atoms with van der Waals surface area (Å²) in [5, 5.41) is 3.65. The lowest BCUT2D eigenvalue weighted by Crippen LogP contribution is -3.11. The van der Waals surface area contributed by atoms with Gasteiger partial charge in [0.2, 0.25) is 0 Å². The third-order valence-electron chi connectivity index (χ3n) is 4.91. The molecule has 0 bridgehead atoms. The Balaban J connectivity index is 1.73. The number of anilines is 1. The van der Waals surface area contributed by atoms with Crippen LogP contribution in [-0.4, -0.2) is 33.2 Å². The van der Waals surface area contributed by atoms with E-state index in [1.54, 1.807) is 32.4 Å². The first kappa shape index (κ1) is 19.8. The number of methoxy groups -OCH3 is 2. The van der Waals surface area contributed by atoms with E-state index >= 15 is 0 Å². The van der Waals surface area contributed by atoms with Crippen LogP contribution in [0.15, 0.2) is 36.4 Å². The zero-order valence-corrected chi connectivity index (χ0v) is 16.9. The van der Waals surface area contributed by atoms with Crippen molar-refractivity contribution < 1.29 is 19.2 Å². The second-order valence-corrected chi connectivity index (χ2v) is 7.32. The van der Waals surface area contributed by atoms with Crippen LogP contribution in [0.1, 0.15) is 24.4 Å². The Hall–Kier alpha value is -1.95. The number of nitrogens with one attached hydrogen (secondary N) is 2. The van der Waals surface area contributed by atoms with Crippen LogP contribution in [0.2, 0.25) is 10.0 Å². The van der Waals surface area contributed by atoms with Gasteiger partial charge < -0.3 is 19.7 Å². The average Bonchev–Trinajstić information content (AvgIpc) is 3.12. The fourth-order valence-electron chi connectivity index (χ4n) is 3.61. The lowest BCUT2D eigenvalue weighted by atomic mass is 10.0. The first-order chi connectivity index (χ1) is 13.0. The summed E-state index contributed by atoms with van der Waals surface area (Å²) < 4.78 is 10.8. The van der Waals surface area contributed by atoms with Gasteiger partial charge in [0.25, 0.3) is 5.91 Å². The molecule has 5 nitrogen and oxygen atoms in total. The molecule has 1 unspecified atom stereocenters. The summed E-state index contributed by atoms with van der Waals surface area (Å²) in [6.07, 6.45) is 2.06. The molecule has 1 aliphatic rings. The molecular weight excluding hydrogens is 387 g/mol. The fraction of sp³-hybridized carbons (Fsp3) is 0.350. The van der Waals surface area contributed by atoms with Crippen molar-refractivity contribution >= 4 is 34.8 Å². The maximum absolute atomic E-state index is 12.6. The summed E-state index contributed by atoms with van der Waals surface area (Å²) in [6, 6.07) is 11.2. The summed E-state index contributed by atoms with van der Waals surface area (Å²) in [5.41, 5.74) is 1.63. The van der Waals surface area contributed by atoms with Crippen LogP contribution in [-0.2, 0) is 4.79 Å². The third-order valence-corrected chi connectivity index (χ3v) is 5.73. The van der Waals surface area contributed by atoms with Crippen molar-refractivity contribution in [3.63, 3.8) is 0 Å². The molecule has 144 valence electrons. The Morgan fingerprint density at radius 3 is 2.78 bits per heavy atom. The highest BCUT2D eigenvalue weighted by Crippen LogP contribution is 2.32. The fourth-order valence-corrected chi connectivity index (χ4v) is 3.95. The number of carbonyl (C=O) groups excluding carboxylic acids is 1. The Bertz CT molecular complexity index is 829. The molecule has 2 atom stereocenters. The lowest BCUT2D eigenvalue weighted by molar-refractivity contribution is -0.910. The molecule has 0 aromatic heterocycles. The maximum Gasteiger partial charge on any atom is 0.279 e. The highest BCUT2D eigenvalue weighted by atomic mass is 35.5. The van der Waals surface area contributed by atoms with Crippen LogP contribution in [0.5, 0.6) is 11.5 Å². The SMILES string of the molecule is COc1ccc([C@H]2CCC[NH+]2CC(=O)Nc2cccc(Cl)c2Cl)c(OC)c1. The first-order valence-electron chi connectivity index (χ1n) is 8.84. The van der Waals surface area contributed by atoms with Crippen molar-refractivity contribution in [3.8, 4) is 11.5 Å². The second-order valence-electron chi connectivity index (χ2n) is 6.54. The monoisotopic (exact) mass is 409 g/mol. The largest absolute Gasteiger partial charge is 0.497 e. The van der Waals surface area contributed by atoms with Gasteiger partial charge in [-0.2, -0.15) is 0 Å². The predicted molar refractivity (Wildman–Crippen MR) is 107 cm³/mol. The predicted octanol–water partition coefficient (Wildman–Crippen LogP) is 3.37. The molecule has 7 heteroatoms. The Morgan fingerprint density at radius 2 is 2.04 bits per heavy atom. The molecule has 1 aliphatic heterocycles. The Labute approximate surface area is 169 Å². The normalized spacial score (nSPS) is 19.0. The lowest BCUT2D eigenvalue weighted by Gasteiger charge is -2.23. The van der Waals surface area contributed by atoms with Crippen LogP contribution in [0.3, 0.4) is 0 Å². The van der Waals surface area contributed by atoms with E-state index < -0.39 is 0 Å². The molecule has 0 aliphatic carbocycles. The summed E-state index contributed by atoms with van der Waals surface area (Å²) in [7, 11) is 3.29. The van der Waals surface area contributed by atoms with Gasteiger partial charge in [0, 0.05) is 18.9 Å². The van der Waals surface area contributed by atoms with Crippen LogP contribution in [0.25, 0.3) is 0 Å². The van der Waals surface area contributed by atoms with E-state index in [0.29, 0.717) is 22.3 Å². The van der Waals surface area contributed by atoms with Gasteiger partial charge in [-0.1, -0.05) is 29.3 Å². The molecule has 0 spiro atoms. The minimum absolute atomic E-state index is 0.0893. The first-order valence-corrected chi connectivity index (χ1v) is 9.59. The van der Waals surface area contributed by atoms with E-state index in [2.05, 4.69) is 5.32 Å². The minimum atomic E-state index is -0.0893. The molecule has 1 amide bonds. The van der Waals surface area contributed by atoms with E-state index in [0.717, 1.165) is 36.4 Å². The molecule has 3 rings (SSSR count). The van der Waals surface area contributed by atoms with Crippen molar-refractivity contribution in [2.75, 3.05) is 32.6 Å². The number of ether oxygens (including phenoxy) is 2. The molecule has 2 aromatic rings. The summed E-state index contributed by atoms with van der Waals surface area (Å²) in [4.78, 5) is 13.8. The van der Waals surface area contributed by atoms with E-state index in [-0.39, 0.29) is 11.9 Å². The van der Waals surface area contributed by atoms with Crippen molar-refractivity contribution in [2.24, 2.45) is 0 Å². The Morgan fingerprint density at radius 1 is 1.22 bits per heavy atom. The van der Waals surface area contributed by atoms with Crippen LogP contribution < -0.4 is 19.7 Å². The number of quaternary nitrogens is 1. The average molecular weight is 410 g/mol. The number of likely N-dealkylation sites (tertiary alicyclic amines) is 1. The van der Waals surface area contributed by atoms with Gasteiger partial charge in [-0.3, -0.25) is 4.79 Å². The number of benzene rings is 2. The molecule has 0 radical (unpaired) electrons. The smallest absolute Gasteiger partial charge is 0.279 e. The van der Waals surface area contributed by atoms with Gasteiger partial charge in [0.05, 0.1) is 42.1 Å². The zero-order valence-electron chi connectivity index (χ0n) is 15.4. The van der Waals surface area contributed by atoms with Crippen molar-refractivity contribution in [2.45, 2.75) is 18.9 Å². The molecule has 1 saturated heterocycles. The highest BCUT2D eigenvalue weighted by molar-refractivity contribution is 6.43. The van der Waals surface area contributed by atoms with Gasteiger partial charge in [-0.15, -0.1) is 0 Å². The summed E-state index contributed by atoms with van der Waals surface area (Å²) in [6.45, 7) is 1.28. The number of rotatable bonds is 6. The molecule has 1 fully saturated rings. The van der Waals surface area contributed by atoms with Crippen molar-refractivity contribution in [3.05, 3.63) is 52.0 Å². The van der Waals surface area contributed by atoms with Gasteiger partial charge >= 0.3 is 0 Å². The molecule has 2 N–H and O–H groups in total. The summed E-state index contributed by atoms with van der Waals surface area (Å²) >= 11 is 12.2.